The number of halogens is 1. The van der Waals surface area contributed by atoms with Crippen LogP contribution < -0.4 is 5.56 Å². The van der Waals surface area contributed by atoms with Gasteiger partial charge in [-0.15, -0.1) is 0 Å². The third-order valence-electron chi connectivity index (χ3n) is 5.08. The highest BCUT2D eigenvalue weighted by atomic mass is 19.1. The lowest BCUT2D eigenvalue weighted by Crippen LogP contribution is -2.25. The van der Waals surface area contributed by atoms with Crippen LogP contribution in [0, 0.1) is 5.82 Å². The van der Waals surface area contributed by atoms with Crippen molar-refractivity contribution in [3.05, 3.63) is 46.6 Å². The van der Waals surface area contributed by atoms with E-state index in [2.05, 4.69) is 15.1 Å². The summed E-state index contributed by atoms with van der Waals surface area (Å²) in [5, 5.41) is 4.01. The van der Waals surface area contributed by atoms with Gasteiger partial charge in [-0.1, -0.05) is 5.16 Å². The molecule has 1 unspecified atom stereocenters. The minimum absolute atomic E-state index is 0.217. The van der Waals surface area contributed by atoms with Crippen molar-refractivity contribution < 1.29 is 18.4 Å². The van der Waals surface area contributed by atoms with Gasteiger partial charge in [0.25, 0.3) is 11.4 Å². The molecule has 150 valence electrons. The Kier molecular flexibility index (Phi) is 4.36. The lowest BCUT2D eigenvalue weighted by atomic mass is 10.2. The fourth-order valence-corrected chi connectivity index (χ4v) is 3.69. The van der Waals surface area contributed by atoms with Gasteiger partial charge in [0.1, 0.15) is 29.5 Å². The molecule has 9 nitrogen and oxygen atoms in total. The molecule has 0 amide bonds. The molecule has 1 fully saturated rings. The highest BCUT2D eigenvalue weighted by Crippen LogP contribution is 2.29. The van der Waals surface area contributed by atoms with Crippen LogP contribution in [0.25, 0.3) is 28.1 Å². The predicted octanol–water partition coefficient (Wildman–Crippen LogP) is 2.34. The van der Waals surface area contributed by atoms with Crippen molar-refractivity contribution in [1.82, 2.24) is 24.1 Å². The van der Waals surface area contributed by atoms with Gasteiger partial charge >= 0.3 is 0 Å². The predicted molar refractivity (Wildman–Crippen MR) is 100 cm³/mol. The van der Waals surface area contributed by atoms with Crippen LogP contribution in [0.5, 0.6) is 0 Å². The number of hydrogen-bond acceptors (Lipinski definition) is 7. The molecule has 0 N–H and O–H groups in total. The molecule has 1 aliphatic heterocycles. The highest BCUT2D eigenvalue weighted by Gasteiger charge is 2.26. The lowest BCUT2D eigenvalue weighted by Gasteiger charge is -2.12. The Morgan fingerprint density at radius 2 is 2.24 bits per heavy atom. The fraction of sp³-hybridized carbons (Fsp3) is 0.368. The molecular weight excluding hydrogens is 381 g/mol. The Hall–Kier alpha value is -3.11. The summed E-state index contributed by atoms with van der Waals surface area (Å²) >= 11 is 0. The molecule has 29 heavy (non-hydrogen) atoms. The van der Waals surface area contributed by atoms with Crippen molar-refractivity contribution in [2.24, 2.45) is 0 Å². The first-order valence-electron chi connectivity index (χ1n) is 9.31. The van der Waals surface area contributed by atoms with Crippen molar-refractivity contribution in [1.29, 1.82) is 0 Å². The summed E-state index contributed by atoms with van der Waals surface area (Å²) in [5.74, 6) is 0.165. The smallest absolute Gasteiger partial charge is 0.277 e. The van der Waals surface area contributed by atoms with E-state index in [-0.39, 0.29) is 24.0 Å². The standard InChI is InChI=1S/C19H18FN5O4/c1-27-8-6-24-13-9-11(20)4-5-12(13)25-10-21-15(16(25)19(24)26)17-22-18(29-23-17)14-3-2-7-28-14/h4-5,9-10,14H,2-3,6-8H2,1H3. The van der Waals surface area contributed by atoms with Crippen LogP contribution in [0.1, 0.15) is 24.8 Å². The first kappa shape index (κ1) is 18.0. The Balaban J connectivity index is 1.72. The molecule has 0 spiro atoms. The number of aromatic nitrogens is 5. The summed E-state index contributed by atoms with van der Waals surface area (Å²) in [6.07, 6.45) is 3.02. The number of ether oxygens (including phenoxy) is 2. The molecule has 10 heteroatoms. The van der Waals surface area contributed by atoms with Crippen LogP contribution >= 0.6 is 0 Å². The summed E-state index contributed by atoms with van der Waals surface area (Å²) < 4.78 is 33.0. The molecule has 1 aromatic carbocycles. The summed E-state index contributed by atoms with van der Waals surface area (Å²) in [4.78, 5) is 22.1. The Labute approximate surface area is 163 Å². The third kappa shape index (κ3) is 2.91. The first-order valence-corrected chi connectivity index (χ1v) is 9.31. The van der Waals surface area contributed by atoms with Crippen molar-refractivity contribution in [2.75, 3.05) is 20.3 Å². The lowest BCUT2D eigenvalue weighted by molar-refractivity contribution is 0.0835. The van der Waals surface area contributed by atoms with E-state index in [4.69, 9.17) is 14.0 Å². The maximum Gasteiger partial charge on any atom is 0.277 e. The van der Waals surface area contributed by atoms with Crippen molar-refractivity contribution in [2.45, 2.75) is 25.5 Å². The zero-order chi connectivity index (χ0) is 20.0. The van der Waals surface area contributed by atoms with Gasteiger partial charge in [-0.05, 0) is 31.0 Å². The minimum atomic E-state index is -0.429. The van der Waals surface area contributed by atoms with E-state index in [9.17, 15) is 9.18 Å². The van der Waals surface area contributed by atoms with E-state index in [0.29, 0.717) is 41.3 Å². The second-order valence-electron chi connectivity index (χ2n) is 6.85. The van der Waals surface area contributed by atoms with E-state index >= 15 is 0 Å². The highest BCUT2D eigenvalue weighted by molar-refractivity contribution is 5.83. The fourth-order valence-electron chi connectivity index (χ4n) is 3.69. The van der Waals surface area contributed by atoms with Crippen LogP contribution in [0.4, 0.5) is 4.39 Å². The minimum Gasteiger partial charge on any atom is -0.383 e. The molecule has 0 saturated carbocycles. The molecule has 3 aromatic heterocycles. The van der Waals surface area contributed by atoms with Crippen molar-refractivity contribution >= 4 is 16.6 Å². The maximum atomic E-state index is 13.9. The topological polar surface area (TPSA) is 96.7 Å². The number of nitrogens with zero attached hydrogens (tertiary/aromatic N) is 5. The van der Waals surface area contributed by atoms with Crippen LogP contribution in [-0.4, -0.2) is 44.4 Å². The normalized spacial score (nSPS) is 17.0. The summed E-state index contributed by atoms with van der Waals surface area (Å²) in [7, 11) is 1.54. The average molecular weight is 399 g/mol. The zero-order valence-corrected chi connectivity index (χ0v) is 15.7. The molecule has 0 bridgehead atoms. The van der Waals surface area contributed by atoms with Gasteiger partial charge in [-0.3, -0.25) is 9.20 Å². The molecule has 0 radical (unpaired) electrons. The third-order valence-corrected chi connectivity index (χ3v) is 5.08. The summed E-state index contributed by atoms with van der Waals surface area (Å²) in [5.41, 5.74) is 1.35. The zero-order valence-electron chi connectivity index (χ0n) is 15.7. The molecular formula is C19H18FN5O4. The Bertz CT molecular complexity index is 1250. The van der Waals surface area contributed by atoms with E-state index in [1.54, 1.807) is 17.6 Å². The Morgan fingerprint density at radius 3 is 3.03 bits per heavy atom. The number of fused-ring (bicyclic) bond motifs is 3. The van der Waals surface area contributed by atoms with E-state index in [1.807, 2.05) is 0 Å². The molecule has 0 aliphatic carbocycles. The van der Waals surface area contributed by atoms with Gasteiger partial charge < -0.3 is 18.6 Å². The van der Waals surface area contributed by atoms with Gasteiger partial charge in [-0.2, -0.15) is 4.98 Å². The van der Waals surface area contributed by atoms with Crippen molar-refractivity contribution in [3.8, 4) is 11.5 Å². The van der Waals surface area contributed by atoms with Crippen LogP contribution in [0.3, 0.4) is 0 Å². The van der Waals surface area contributed by atoms with Gasteiger partial charge in [-0.25, -0.2) is 9.37 Å². The first-order chi connectivity index (χ1) is 14.2. The average Bonchev–Trinajstić information content (AvgIpc) is 3.46. The van der Waals surface area contributed by atoms with Gasteiger partial charge in [0.05, 0.1) is 17.6 Å². The molecule has 4 heterocycles. The second kappa shape index (κ2) is 7.05. The second-order valence-corrected chi connectivity index (χ2v) is 6.85. The Morgan fingerprint density at radius 1 is 1.34 bits per heavy atom. The number of methoxy groups -OCH3 is 1. The van der Waals surface area contributed by atoms with Crippen LogP contribution in [0.15, 0.2) is 33.8 Å². The summed E-state index contributed by atoms with van der Waals surface area (Å²) in [6, 6.07) is 4.28. The van der Waals surface area contributed by atoms with E-state index in [0.717, 1.165) is 12.8 Å². The van der Waals surface area contributed by atoms with Crippen LogP contribution in [0.2, 0.25) is 0 Å². The molecule has 4 aromatic rings. The van der Waals surface area contributed by atoms with E-state index < -0.39 is 5.82 Å². The van der Waals surface area contributed by atoms with Crippen molar-refractivity contribution in [3.63, 3.8) is 0 Å². The molecule has 1 saturated heterocycles. The monoisotopic (exact) mass is 399 g/mol. The van der Waals surface area contributed by atoms with Gasteiger partial charge in [0.2, 0.25) is 5.82 Å². The number of rotatable bonds is 5. The largest absolute Gasteiger partial charge is 0.383 e. The molecule has 5 rings (SSSR count). The maximum absolute atomic E-state index is 13.9. The van der Waals surface area contributed by atoms with E-state index in [1.165, 1.54) is 23.0 Å². The van der Waals surface area contributed by atoms with Gasteiger partial charge in [0, 0.05) is 20.3 Å². The molecule has 1 aliphatic rings. The number of benzene rings is 1. The SMILES string of the molecule is COCCn1c(=O)c2c(-c3noc(C4CCCO4)n3)ncn2c2ccc(F)cc21. The molecule has 1 atom stereocenters. The quantitative estimate of drug-likeness (QED) is 0.508. The number of hydrogen-bond donors (Lipinski definition) is 0. The number of imidazole rings is 1. The van der Waals surface area contributed by atoms with Gasteiger partial charge in [0.15, 0.2) is 0 Å². The summed E-state index contributed by atoms with van der Waals surface area (Å²) in [6.45, 7) is 1.23. The van der Waals surface area contributed by atoms with Crippen LogP contribution in [-0.2, 0) is 16.0 Å².